The van der Waals surface area contributed by atoms with E-state index in [0.717, 1.165) is 16.9 Å². The minimum absolute atomic E-state index is 0.0344. The Labute approximate surface area is 169 Å². The molecular weight excluding hydrogens is 394 g/mol. The number of hydrogen-bond acceptors (Lipinski definition) is 5. The van der Waals surface area contributed by atoms with Crippen LogP contribution in [0.1, 0.15) is 11.3 Å². The first kappa shape index (κ1) is 18.9. The highest BCUT2D eigenvalue weighted by molar-refractivity contribution is 7.91. The Kier molecular flexibility index (Phi) is 5.33. The maximum absolute atomic E-state index is 12.9. The highest BCUT2D eigenvalue weighted by Crippen LogP contribution is 2.34. The van der Waals surface area contributed by atoms with E-state index in [1.807, 2.05) is 24.3 Å². The van der Waals surface area contributed by atoms with Crippen LogP contribution in [0.25, 0.3) is 0 Å². The van der Waals surface area contributed by atoms with Crippen LogP contribution >= 0.6 is 11.6 Å². The Hall–Kier alpha value is -2.44. The highest BCUT2D eigenvalue weighted by Gasteiger charge is 2.29. The van der Waals surface area contributed by atoms with E-state index in [-0.39, 0.29) is 11.7 Å². The first-order valence-electron chi connectivity index (χ1n) is 9.07. The van der Waals surface area contributed by atoms with Gasteiger partial charge in [-0.05, 0) is 48.2 Å². The van der Waals surface area contributed by atoms with Crippen LogP contribution in [0, 0.1) is 5.92 Å². The Morgan fingerprint density at radius 2 is 1.93 bits per heavy atom. The fourth-order valence-electron chi connectivity index (χ4n) is 3.71. The van der Waals surface area contributed by atoms with Gasteiger partial charge in [-0.3, -0.25) is 9.97 Å². The van der Waals surface area contributed by atoms with Crippen molar-refractivity contribution in [3.63, 3.8) is 0 Å². The van der Waals surface area contributed by atoms with E-state index >= 15 is 0 Å². The van der Waals surface area contributed by atoms with Gasteiger partial charge in [-0.1, -0.05) is 29.8 Å². The first-order chi connectivity index (χ1) is 13.5. The third-order valence-electron chi connectivity index (χ3n) is 4.90. The highest BCUT2D eigenvalue weighted by atomic mass is 35.5. The van der Waals surface area contributed by atoms with Crippen LogP contribution in [-0.2, 0) is 22.8 Å². The molecule has 1 unspecified atom stereocenters. The van der Waals surface area contributed by atoms with E-state index in [1.165, 1.54) is 0 Å². The van der Waals surface area contributed by atoms with E-state index in [2.05, 4.69) is 14.9 Å². The SMILES string of the molecule is O=S(=O)(CC1Cc2cc(Cl)ccc2N(Cc2cnccn2)C1)c1ccccc1. The van der Waals surface area contributed by atoms with Crippen molar-refractivity contribution in [2.45, 2.75) is 17.9 Å². The molecule has 2 aromatic carbocycles. The maximum atomic E-state index is 12.9. The molecule has 0 saturated carbocycles. The molecule has 28 heavy (non-hydrogen) atoms. The van der Waals surface area contributed by atoms with Crippen LogP contribution in [0.4, 0.5) is 5.69 Å². The zero-order valence-electron chi connectivity index (χ0n) is 15.2. The summed E-state index contributed by atoms with van der Waals surface area (Å²) in [7, 11) is -3.36. The summed E-state index contributed by atoms with van der Waals surface area (Å²) in [5.74, 6) is 0.0628. The molecular formula is C21H20ClN3O2S. The minimum Gasteiger partial charge on any atom is -0.365 e. The lowest BCUT2D eigenvalue weighted by atomic mass is 9.93. The number of rotatable bonds is 5. The average Bonchev–Trinajstić information content (AvgIpc) is 2.69. The van der Waals surface area contributed by atoms with Gasteiger partial charge in [0.05, 0.1) is 29.1 Å². The van der Waals surface area contributed by atoms with Crippen molar-refractivity contribution < 1.29 is 8.42 Å². The maximum Gasteiger partial charge on any atom is 0.178 e. The Bertz CT molecular complexity index is 1060. The van der Waals surface area contributed by atoms with Gasteiger partial charge in [0.25, 0.3) is 0 Å². The van der Waals surface area contributed by atoms with E-state index < -0.39 is 9.84 Å². The predicted molar refractivity (Wildman–Crippen MR) is 110 cm³/mol. The molecule has 144 valence electrons. The molecule has 0 bridgehead atoms. The lowest BCUT2D eigenvalue weighted by Gasteiger charge is -2.36. The van der Waals surface area contributed by atoms with Crippen molar-refractivity contribution in [3.8, 4) is 0 Å². The van der Waals surface area contributed by atoms with Crippen LogP contribution in [-0.4, -0.2) is 30.7 Å². The number of benzene rings is 2. The second-order valence-corrected chi connectivity index (χ2v) is 9.49. The number of anilines is 1. The summed E-state index contributed by atoms with van der Waals surface area (Å²) < 4.78 is 25.8. The Morgan fingerprint density at radius 3 is 2.68 bits per heavy atom. The van der Waals surface area contributed by atoms with Crippen molar-refractivity contribution in [1.82, 2.24) is 9.97 Å². The predicted octanol–water partition coefficient (Wildman–Crippen LogP) is 3.78. The standard InChI is InChI=1S/C21H20ClN3O2S/c22-18-6-7-21-17(11-18)10-16(13-25(21)14-19-12-23-8-9-24-19)15-28(26,27)20-4-2-1-3-5-20/h1-9,11-12,16H,10,13-15H2. The topological polar surface area (TPSA) is 63.2 Å². The van der Waals surface area contributed by atoms with Gasteiger partial charge >= 0.3 is 0 Å². The summed E-state index contributed by atoms with van der Waals surface area (Å²) in [4.78, 5) is 11.0. The number of nitrogens with zero attached hydrogens (tertiary/aromatic N) is 3. The molecule has 0 aliphatic carbocycles. The molecule has 0 amide bonds. The minimum atomic E-state index is -3.36. The molecule has 0 N–H and O–H groups in total. The van der Waals surface area contributed by atoms with Gasteiger partial charge in [0, 0.05) is 29.6 Å². The molecule has 1 aliphatic rings. The number of aromatic nitrogens is 2. The van der Waals surface area contributed by atoms with Crippen molar-refractivity contribution in [1.29, 1.82) is 0 Å². The molecule has 0 spiro atoms. The molecule has 4 rings (SSSR count). The van der Waals surface area contributed by atoms with Crippen molar-refractivity contribution in [3.05, 3.63) is 83.4 Å². The quantitative estimate of drug-likeness (QED) is 0.636. The Balaban J connectivity index is 1.62. The van der Waals surface area contributed by atoms with Crippen molar-refractivity contribution in [2.24, 2.45) is 5.92 Å². The lowest BCUT2D eigenvalue weighted by molar-refractivity contribution is 0.514. The molecule has 0 radical (unpaired) electrons. The van der Waals surface area contributed by atoms with E-state index in [0.29, 0.717) is 29.4 Å². The largest absolute Gasteiger partial charge is 0.365 e. The fraction of sp³-hybridized carbons (Fsp3) is 0.238. The van der Waals surface area contributed by atoms with Crippen LogP contribution < -0.4 is 4.90 Å². The number of hydrogen-bond donors (Lipinski definition) is 0. The molecule has 1 atom stereocenters. The molecule has 1 aromatic heterocycles. The zero-order valence-corrected chi connectivity index (χ0v) is 16.8. The molecule has 1 aliphatic heterocycles. The third kappa shape index (κ3) is 4.18. The van der Waals surface area contributed by atoms with Crippen LogP contribution in [0.3, 0.4) is 0 Å². The third-order valence-corrected chi connectivity index (χ3v) is 7.03. The van der Waals surface area contributed by atoms with Gasteiger partial charge in [0.15, 0.2) is 9.84 Å². The van der Waals surface area contributed by atoms with Crippen LogP contribution in [0.15, 0.2) is 72.0 Å². The Morgan fingerprint density at radius 1 is 1.11 bits per heavy atom. The normalized spacial score (nSPS) is 16.6. The van der Waals surface area contributed by atoms with Gasteiger partial charge < -0.3 is 4.90 Å². The summed E-state index contributed by atoms with van der Waals surface area (Å²) in [5, 5.41) is 0.657. The monoisotopic (exact) mass is 413 g/mol. The number of halogens is 1. The van der Waals surface area contributed by atoms with E-state index in [4.69, 9.17) is 11.6 Å². The summed E-state index contributed by atoms with van der Waals surface area (Å²) in [5.41, 5.74) is 2.98. The van der Waals surface area contributed by atoms with E-state index in [9.17, 15) is 8.42 Å². The number of sulfone groups is 1. The van der Waals surface area contributed by atoms with Gasteiger partial charge in [0.2, 0.25) is 0 Å². The van der Waals surface area contributed by atoms with E-state index in [1.54, 1.807) is 42.9 Å². The van der Waals surface area contributed by atoms with Gasteiger partial charge in [-0.25, -0.2) is 8.42 Å². The molecule has 0 fully saturated rings. The summed E-state index contributed by atoms with van der Waals surface area (Å²) in [6.07, 6.45) is 5.72. The second-order valence-electron chi connectivity index (χ2n) is 7.01. The van der Waals surface area contributed by atoms with Crippen LogP contribution in [0.5, 0.6) is 0 Å². The fourth-order valence-corrected chi connectivity index (χ4v) is 5.52. The summed E-state index contributed by atoms with van der Waals surface area (Å²) >= 11 is 6.20. The summed E-state index contributed by atoms with van der Waals surface area (Å²) in [6, 6.07) is 14.4. The first-order valence-corrected chi connectivity index (χ1v) is 11.1. The average molecular weight is 414 g/mol. The smallest absolute Gasteiger partial charge is 0.178 e. The van der Waals surface area contributed by atoms with Crippen molar-refractivity contribution >= 4 is 27.1 Å². The molecule has 3 aromatic rings. The van der Waals surface area contributed by atoms with Gasteiger partial charge in [0.1, 0.15) is 0 Å². The van der Waals surface area contributed by atoms with Gasteiger partial charge in [-0.2, -0.15) is 0 Å². The summed E-state index contributed by atoms with van der Waals surface area (Å²) in [6.45, 7) is 1.21. The van der Waals surface area contributed by atoms with Crippen LogP contribution in [0.2, 0.25) is 5.02 Å². The zero-order chi connectivity index (χ0) is 19.6. The molecule has 2 heterocycles. The van der Waals surface area contributed by atoms with Gasteiger partial charge in [-0.15, -0.1) is 0 Å². The molecule has 0 saturated heterocycles. The molecule has 5 nitrogen and oxygen atoms in total. The number of fused-ring (bicyclic) bond motifs is 1. The lowest BCUT2D eigenvalue weighted by Crippen LogP contribution is -2.38. The second kappa shape index (κ2) is 7.89. The van der Waals surface area contributed by atoms with Crippen molar-refractivity contribution in [2.75, 3.05) is 17.2 Å². The molecule has 7 heteroatoms.